The van der Waals surface area contributed by atoms with Gasteiger partial charge in [0.25, 0.3) is 0 Å². The van der Waals surface area contributed by atoms with Crippen LogP contribution >= 0.6 is 11.6 Å². The highest BCUT2D eigenvalue weighted by Crippen LogP contribution is 2.35. The van der Waals surface area contributed by atoms with Gasteiger partial charge in [-0.05, 0) is 55.5 Å². The Morgan fingerprint density at radius 2 is 2.10 bits per heavy atom. The molecule has 3 heteroatoms. The number of hydrogen-bond acceptors (Lipinski definition) is 2. The highest BCUT2D eigenvalue weighted by atomic mass is 35.5. The highest BCUT2D eigenvalue weighted by molar-refractivity contribution is 6.30. The fraction of sp³-hybridized carbons (Fsp3) is 0.647. The Morgan fingerprint density at radius 3 is 2.70 bits per heavy atom. The molecule has 0 unspecified atom stereocenters. The van der Waals surface area contributed by atoms with Gasteiger partial charge in [-0.15, -0.1) is 0 Å². The average molecular weight is 295 g/mol. The summed E-state index contributed by atoms with van der Waals surface area (Å²) < 4.78 is 0. The summed E-state index contributed by atoms with van der Waals surface area (Å²) in [5.41, 5.74) is 2.70. The lowest BCUT2D eigenvalue weighted by Crippen LogP contribution is -2.31. The van der Waals surface area contributed by atoms with Gasteiger partial charge in [0.2, 0.25) is 0 Å². The molecular formula is C17H27ClN2. The maximum atomic E-state index is 6.19. The highest BCUT2D eigenvalue weighted by Gasteiger charge is 2.30. The first-order valence-electron chi connectivity index (χ1n) is 7.87. The summed E-state index contributed by atoms with van der Waals surface area (Å²) in [5, 5.41) is 4.34. The van der Waals surface area contributed by atoms with Crippen LogP contribution in [-0.4, -0.2) is 19.1 Å². The summed E-state index contributed by atoms with van der Waals surface area (Å²) in [6.45, 7) is 9.87. The van der Waals surface area contributed by atoms with Crippen LogP contribution in [0.4, 0.5) is 5.69 Å². The summed E-state index contributed by atoms with van der Waals surface area (Å²) in [6, 6.07) is 7.08. The van der Waals surface area contributed by atoms with Gasteiger partial charge in [0.05, 0.1) is 0 Å². The van der Waals surface area contributed by atoms with Crippen LogP contribution in [0.2, 0.25) is 5.02 Å². The Morgan fingerprint density at radius 1 is 1.35 bits per heavy atom. The average Bonchev–Trinajstić information content (AvgIpc) is 3.21. The predicted octanol–water partition coefficient (Wildman–Crippen LogP) is 4.46. The first kappa shape index (κ1) is 15.7. The second-order valence-corrected chi connectivity index (χ2v) is 6.66. The van der Waals surface area contributed by atoms with Crippen molar-refractivity contribution in [1.82, 2.24) is 5.32 Å². The van der Waals surface area contributed by atoms with E-state index in [9.17, 15) is 0 Å². The van der Waals surface area contributed by atoms with Crippen molar-refractivity contribution in [1.29, 1.82) is 0 Å². The van der Waals surface area contributed by atoms with Crippen molar-refractivity contribution in [3.63, 3.8) is 0 Å². The number of hydrogen-bond donors (Lipinski definition) is 1. The van der Waals surface area contributed by atoms with E-state index in [4.69, 9.17) is 11.6 Å². The first-order valence-corrected chi connectivity index (χ1v) is 8.25. The minimum atomic E-state index is 0.683. The minimum absolute atomic E-state index is 0.683. The third-order valence-corrected chi connectivity index (χ3v) is 3.88. The lowest BCUT2D eigenvalue weighted by atomic mass is 10.1. The molecule has 1 aromatic carbocycles. The number of anilines is 1. The monoisotopic (exact) mass is 294 g/mol. The van der Waals surface area contributed by atoms with E-state index in [0.717, 1.165) is 37.1 Å². The normalized spacial score (nSPS) is 14.8. The lowest BCUT2D eigenvalue weighted by Gasteiger charge is -2.29. The van der Waals surface area contributed by atoms with Crippen LogP contribution in [0.15, 0.2) is 18.2 Å². The molecule has 1 fully saturated rings. The zero-order valence-corrected chi connectivity index (χ0v) is 13.7. The maximum absolute atomic E-state index is 6.19. The van der Waals surface area contributed by atoms with Crippen LogP contribution in [0.25, 0.3) is 0 Å². The van der Waals surface area contributed by atoms with Gasteiger partial charge < -0.3 is 10.2 Å². The van der Waals surface area contributed by atoms with Crippen LogP contribution < -0.4 is 10.2 Å². The molecule has 1 saturated carbocycles. The van der Waals surface area contributed by atoms with Gasteiger partial charge in [0, 0.05) is 29.8 Å². The van der Waals surface area contributed by atoms with E-state index in [1.54, 1.807) is 0 Å². The molecule has 0 bridgehead atoms. The third kappa shape index (κ3) is 4.39. The quantitative estimate of drug-likeness (QED) is 0.712. The molecule has 0 saturated heterocycles. The van der Waals surface area contributed by atoms with Crippen LogP contribution in [0.5, 0.6) is 0 Å². The van der Waals surface area contributed by atoms with Crippen LogP contribution in [0, 0.1) is 5.92 Å². The summed E-state index contributed by atoms with van der Waals surface area (Å²) >= 11 is 6.19. The molecule has 0 atom stereocenters. The first-order chi connectivity index (χ1) is 9.61. The largest absolute Gasteiger partial charge is 0.368 e. The molecule has 0 spiro atoms. The molecule has 20 heavy (non-hydrogen) atoms. The fourth-order valence-corrected chi connectivity index (χ4v) is 2.79. The number of nitrogens with one attached hydrogen (secondary N) is 1. The SMILES string of the molecule is CCCNCc1cc(Cl)ccc1N(CC(C)C)C1CC1. The van der Waals surface area contributed by atoms with Gasteiger partial charge in [-0.3, -0.25) is 0 Å². The second-order valence-electron chi connectivity index (χ2n) is 6.23. The standard InChI is InChI=1S/C17H27ClN2/c1-4-9-19-11-14-10-15(18)5-8-17(14)20(12-13(2)3)16-6-7-16/h5,8,10,13,16,19H,4,6-7,9,11-12H2,1-3H3. The Hall–Kier alpha value is -0.730. The molecule has 1 aliphatic rings. The molecule has 0 aromatic heterocycles. The van der Waals surface area contributed by atoms with E-state index in [0.29, 0.717) is 5.92 Å². The Bertz CT molecular complexity index is 427. The van der Waals surface area contributed by atoms with Gasteiger partial charge in [0.15, 0.2) is 0 Å². The molecular weight excluding hydrogens is 268 g/mol. The van der Waals surface area contributed by atoms with Gasteiger partial charge in [-0.1, -0.05) is 32.4 Å². The molecule has 1 aromatic rings. The van der Waals surface area contributed by atoms with E-state index in [-0.39, 0.29) is 0 Å². The molecule has 2 nitrogen and oxygen atoms in total. The summed E-state index contributed by atoms with van der Waals surface area (Å²) in [7, 11) is 0. The van der Waals surface area contributed by atoms with E-state index in [1.807, 2.05) is 6.07 Å². The Labute approximate surface area is 128 Å². The Balaban J connectivity index is 2.18. The molecule has 1 N–H and O–H groups in total. The van der Waals surface area contributed by atoms with Crippen molar-refractivity contribution in [3.05, 3.63) is 28.8 Å². The van der Waals surface area contributed by atoms with Crippen molar-refractivity contribution in [2.24, 2.45) is 5.92 Å². The summed E-state index contributed by atoms with van der Waals surface area (Å²) in [4.78, 5) is 2.59. The minimum Gasteiger partial charge on any atom is -0.368 e. The van der Waals surface area contributed by atoms with Crippen molar-refractivity contribution in [3.8, 4) is 0 Å². The number of halogens is 1. The van der Waals surface area contributed by atoms with Crippen LogP contribution in [-0.2, 0) is 6.54 Å². The molecule has 112 valence electrons. The predicted molar refractivity (Wildman–Crippen MR) is 88.7 cm³/mol. The van der Waals surface area contributed by atoms with E-state index in [1.165, 1.54) is 24.1 Å². The molecule has 0 aliphatic heterocycles. The second kappa shape index (κ2) is 7.33. The maximum Gasteiger partial charge on any atom is 0.0415 e. The number of nitrogens with zero attached hydrogens (tertiary/aromatic N) is 1. The summed E-state index contributed by atoms with van der Waals surface area (Å²) in [6.07, 6.45) is 3.82. The number of rotatable bonds is 8. The topological polar surface area (TPSA) is 15.3 Å². The smallest absolute Gasteiger partial charge is 0.0415 e. The molecule has 0 heterocycles. The van der Waals surface area contributed by atoms with Crippen LogP contribution in [0.1, 0.15) is 45.6 Å². The fourth-order valence-electron chi connectivity index (χ4n) is 2.60. The van der Waals surface area contributed by atoms with Crippen molar-refractivity contribution < 1.29 is 0 Å². The third-order valence-electron chi connectivity index (χ3n) is 3.64. The van der Waals surface area contributed by atoms with Crippen molar-refractivity contribution >= 4 is 17.3 Å². The van der Waals surface area contributed by atoms with Crippen LogP contribution in [0.3, 0.4) is 0 Å². The van der Waals surface area contributed by atoms with Gasteiger partial charge in [0.1, 0.15) is 0 Å². The zero-order chi connectivity index (χ0) is 14.5. The molecule has 0 radical (unpaired) electrons. The molecule has 0 amide bonds. The number of benzene rings is 1. The summed E-state index contributed by atoms with van der Waals surface area (Å²) in [5.74, 6) is 0.683. The lowest BCUT2D eigenvalue weighted by molar-refractivity contribution is 0.602. The van der Waals surface area contributed by atoms with Gasteiger partial charge in [-0.2, -0.15) is 0 Å². The van der Waals surface area contributed by atoms with Crippen molar-refractivity contribution in [2.75, 3.05) is 18.0 Å². The van der Waals surface area contributed by atoms with Gasteiger partial charge >= 0.3 is 0 Å². The van der Waals surface area contributed by atoms with Gasteiger partial charge in [-0.25, -0.2) is 0 Å². The van der Waals surface area contributed by atoms with E-state index in [2.05, 4.69) is 43.1 Å². The van der Waals surface area contributed by atoms with E-state index < -0.39 is 0 Å². The Kier molecular flexibility index (Phi) is 5.74. The van der Waals surface area contributed by atoms with Crippen molar-refractivity contribution in [2.45, 2.75) is 52.6 Å². The zero-order valence-electron chi connectivity index (χ0n) is 13.0. The molecule has 1 aliphatic carbocycles. The molecule has 2 rings (SSSR count). The van der Waals surface area contributed by atoms with E-state index >= 15 is 0 Å².